The summed E-state index contributed by atoms with van der Waals surface area (Å²) in [4.78, 5) is 10.9. The van der Waals surface area contributed by atoms with E-state index in [4.69, 9.17) is 11.6 Å². The summed E-state index contributed by atoms with van der Waals surface area (Å²) in [6, 6.07) is 5.65. The Kier molecular flexibility index (Phi) is 3.90. The predicted molar refractivity (Wildman–Crippen MR) is 63.5 cm³/mol. The molecular weight excluding hydrogens is 263 g/mol. The van der Waals surface area contributed by atoms with Crippen LogP contribution in [0.25, 0.3) is 5.57 Å². The quantitative estimate of drug-likeness (QED) is 0.742. The Morgan fingerprint density at radius 1 is 1.43 bits per heavy atom. The molecule has 0 aliphatic heterocycles. The zero-order valence-electron chi connectivity index (χ0n) is 7.97. The Bertz CT molecular complexity index is 396. The fourth-order valence-electron chi connectivity index (χ4n) is 1.19. The molecule has 0 heterocycles. The zero-order chi connectivity index (χ0) is 10.7. The van der Waals surface area contributed by atoms with Gasteiger partial charge >= 0.3 is 0 Å². The fourth-order valence-corrected chi connectivity index (χ4v) is 1.83. The third kappa shape index (κ3) is 2.69. The lowest BCUT2D eigenvalue weighted by molar-refractivity contribution is -0.112. The molecule has 0 spiro atoms. The first kappa shape index (κ1) is 11.5. The van der Waals surface area contributed by atoms with Crippen molar-refractivity contribution in [1.82, 2.24) is 0 Å². The number of halogens is 2. The molecule has 1 aromatic carbocycles. The van der Waals surface area contributed by atoms with E-state index in [2.05, 4.69) is 15.9 Å². The molecule has 0 aliphatic carbocycles. The highest BCUT2D eigenvalue weighted by Gasteiger charge is 2.05. The second-order valence-electron chi connectivity index (χ2n) is 3.04. The summed E-state index contributed by atoms with van der Waals surface area (Å²) in [5.41, 5.74) is 1.76. The second-order valence-corrected chi connectivity index (χ2v) is 4.27. The molecule has 0 aliphatic rings. The number of ketones is 1. The summed E-state index contributed by atoms with van der Waals surface area (Å²) in [7, 11) is 0. The van der Waals surface area contributed by atoms with Gasteiger partial charge in [-0.15, -0.1) is 0 Å². The molecule has 0 bridgehead atoms. The van der Waals surface area contributed by atoms with Crippen LogP contribution in [0.4, 0.5) is 0 Å². The van der Waals surface area contributed by atoms with Crippen molar-refractivity contribution in [2.45, 2.75) is 13.8 Å². The van der Waals surface area contributed by atoms with Crippen LogP contribution in [0.3, 0.4) is 0 Å². The number of carbonyl (C=O) groups excluding carboxylic acids is 1. The second kappa shape index (κ2) is 4.76. The van der Waals surface area contributed by atoms with Gasteiger partial charge in [-0.3, -0.25) is 4.79 Å². The van der Waals surface area contributed by atoms with E-state index >= 15 is 0 Å². The van der Waals surface area contributed by atoms with Gasteiger partial charge in [0, 0.05) is 4.47 Å². The molecule has 0 radical (unpaired) electrons. The smallest absolute Gasteiger partial charge is 0.152 e. The minimum Gasteiger partial charge on any atom is -0.295 e. The van der Waals surface area contributed by atoms with Crippen LogP contribution in [-0.2, 0) is 4.79 Å². The highest BCUT2D eigenvalue weighted by atomic mass is 79.9. The lowest BCUT2D eigenvalue weighted by atomic mass is 10.1. The zero-order valence-corrected chi connectivity index (χ0v) is 10.3. The van der Waals surface area contributed by atoms with Crippen molar-refractivity contribution in [3.05, 3.63) is 39.3 Å². The van der Waals surface area contributed by atoms with Gasteiger partial charge in [0.15, 0.2) is 5.78 Å². The van der Waals surface area contributed by atoms with E-state index in [1.165, 1.54) is 6.92 Å². The van der Waals surface area contributed by atoms with Crippen molar-refractivity contribution in [3.8, 4) is 0 Å². The maximum absolute atomic E-state index is 10.9. The Morgan fingerprint density at radius 3 is 2.64 bits per heavy atom. The van der Waals surface area contributed by atoms with Crippen molar-refractivity contribution in [1.29, 1.82) is 0 Å². The van der Waals surface area contributed by atoms with Crippen LogP contribution < -0.4 is 0 Å². The van der Waals surface area contributed by atoms with Crippen molar-refractivity contribution < 1.29 is 4.79 Å². The molecule has 74 valence electrons. The predicted octanol–water partition coefficient (Wildman–Crippen LogP) is 4.09. The minimum atomic E-state index is 0.0264. The van der Waals surface area contributed by atoms with Crippen LogP contribution in [0.5, 0.6) is 0 Å². The van der Waals surface area contributed by atoms with Gasteiger partial charge in [0.25, 0.3) is 0 Å². The maximum atomic E-state index is 10.9. The molecule has 0 saturated carbocycles. The first-order valence-corrected chi connectivity index (χ1v) is 5.32. The van der Waals surface area contributed by atoms with Gasteiger partial charge < -0.3 is 0 Å². The first-order chi connectivity index (χ1) is 6.52. The van der Waals surface area contributed by atoms with Crippen LogP contribution in [0.15, 0.2) is 28.7 Å². The number of hydrogen-bond acceptors (Lipinski definition) is 1. The fraction of sp³-hybridized carbons (Fsp3) is 0.182. The lowest BCUT2D eigenvalue weighted by Gasteiger charge is -2.05. The van der Waals surface area contributed by atoms with E-state index < -0.39 is 0 Å². The Labute approximate surface area is 96.9 Å². The summed E-state index contributed by atoms with van der Waals surface area (Å²) in [6.45, 7) is 3.39. The Morgan fingerprint density at radius 2 is 2.07 bits per heavy atom. The molecule has 0 saturated heterocycles. The van der Waals surface area contributed by atoms with Crippen LogP contribution in [0.1, 0.15) is 19.4 Å². The summed E-state index contributed by atoms with van der Waals surface area (Å²) in [6.07, 6.45) is 1.58. The largest absolute Gasteiger partial charge is 0.295 e. The standard InChI is InChI=1S/C11H10BrClO/c1-7(6-8(2)14)9-4-3-5-10(12)11(9)13/h3-6H,1-2H3/b7-6+. The van der Waals surface area contributed by atoms with Gasteiger partial charge in [0.1, 0.15) is 0 Å². The van der Waals surface area contributed by atoms with Crippen molar-refractivity contribution >= 4 is 38.9 Å². The van der Waals surface area contributed by atoms with Crippen LogP contribution in [0, 0.1) is 0 Å². The Hall–Kier alpha value is -0.600. The molecule has 0 fully saturated rings. The van der Waals surface area contributed by atoms with Crippen molar-refractivity contribution in [3.63, 3.8) is 0 Å². The SMILES string of the molecule is CC(=O)/C=C(\C)c1cccc(Br)c1Cl. The maximum Gasteiger partial charge on any atom is 0.152 e. The number of benzene rings is 1. The third-order valence-corrected chi connectivity index (χ3v) is 3.09. The number of hydrogen-bond donors (Lipinski definition) is 0. The first-order valence-electron chi connectivity index (χ1n) is 4.15. The van der Waals surface area contributed by atoms with E-state index in [9.17, 15) is 4.79 Å². The van der Waals surface area contributed by atoms with E-state index in [0.717, 1.165) is 15.6 Å². The molecule has 0 amide bonds. The molecule has 1 rings (SSSR count). The van der Waals surface area contributed by atoms with Crippen molar-refractivity contribution in [2.75, 3.05) is 0 Å². The third-order valence-electron chi connectivity index (χ3n) is 1.80. The molecule has 1 nitrogen and oxygen atoms in total. The van der Waals surface area contributed by atoms with Crippen LogP contribution in [0.2, 0.25) is 5.02 Å². The average Bonchev–Trinajstić information content (AvgIpc) is 2.08. The molecule has 1 aromatic rings. The highest BCUT2D eigenvalue weighted by Crippen LogP contribution is 2.30. The minimum absolute atomic E-state index is 0.0264. The summed E-state index contributed by atoms with van der Waals surface area (Å²) in [5, 5.41) is 0.641. The topological polar surface area (TPSA) is 17.1 Å². The van der Waals surface area contributed by atoms with Gasteiger partial charge in [-0.2, -0.15) is 0 Å². The molecule has 0 atom stereocenters. The monoisotopic (exact) mass is 272 g/mol. The number of rotatable bonds is 2. The molecule has 0 unspecified atom stereocenters. The normalized spacial score (nSPS) is 11.6. The van der Waals surface area contributed by atoms with Crippen LogP contribution in [-0.4, -0.2) is 5.78 Å². The van der Waals surface area contributed by atoms with Gasteiger partial charge in [-0.1, -0.05) is 23.7 Å². The van der Waals surface area contributed by atoms with E-state index in [1.54, 1.807) is 6.08 Å². The molecule has 14 heavy (non-hydrogen) atoms. The van der Waals surface area contributed by atoms with Gasteiger partial charge in [-0.05, 0) is 53.1 Å². The van der Waals surface area contributed by atoms with Crippen molar-refractivity contribution in [2.24, 2.45) is 0 Å². The molecule has 0 N–H and O–H groups in total. The van der Waals surface area contributed by atoms with Crippen LogP contribution >= 0.6 is 27.5 Å². The Balaban J connectivity index is 3.20. The number of allylic oxidation sites excluding steroid dienone is 2. The highest BCUT2D eigenvalue weighted by molar-refractivity contribution is 9.10. The van der Waals surface area contributed by atoms with Gasteiger partial charge in [0.05, 0.1) is 5.02 Å². The number of carbonyl (C=O) groups is 1. The van der Waals surface area contributed by atoms with E-state index in [1.807, 2.05) is 25.1 Å². The molecule has 3 heteroatoms. The lowest BCUT2D eigenvalue weighted by Crippen LogP contribution is -1.87. The van der Waals surface area contributed by atoms with Gasteiger partial charge in [-0.25, -0.2) is 0 Å². The summed E-state index contributed by atoms with van der Waals surface area (Å²) in [5.74, 6) is 0.0264. The van der Waals surface area contributed by atoms with E-state index in [0.29, 0.717) is 5.02 Å². The molecule has 0 aromatic heterocycles. The summed E-state index contributed by atoms with van der Waals surface area (Å²) >= 11 is 9.41. The summed E-state index contributed by atoms with van der Waals surface area (Å²) < 4.78 is 0.841. The van der Waals surface area contributed by atoms with E-state index in [-0.39, 0.29) is 5.78 Å². The van der Waals surface area contributed by atoms with Gasteiger partial charge in [0.2, 0.25) is 0 Å². The average molecular weight is 274 g/mol. The molecular formula is C11H10BrClO.